The van der Waals surface area contributed by atoms with Crippen LogP contribution in [0.15, 0.2) is 18.2 Å². The lowest BCUT2D eigenvalue weighted by molar-refractivity contribution is 0.194. The molecule has 1 saturated heterocycles. The van der Waals surface area contributed by atoms with E-state index in [0.717, 1.165) is 23.5 Å². The third-order valence-corrected chi connectivity index (χ3v) is 4.24. The van der Waals surface area contributed by atoms with E-state index < -0.39 is 6.10 Å². The minimum absolute atomic E-state index is 0.509. The number of nitrogens with zero attached hydrogens (tertiary/aromatic N) is 1. The first-order chi connectivity index (χ1) is 9.69. The van der Waals surface area contributed by atoms with Crippen LogP contribution in [0.5, 0.6) is 5.75 Å². The topological polar surface area (TPSA) is 32.7 Å². The van der Waals surface area contributed by atoms with Gasteiger partial charge in [0, 0.05) is 23.8 Å². The van der Waals surface area contributed by atoms with Crippen molar-refractivity contribution in [2.75, 3.05) is 18.6 Å². The number of rotatable bonds is 5. The van der Waals surface area contributed by atoms with Crippen LogP contribution in [-0.4, -0.2) is 24.8 Å². The molecule has 0 aliphatic carbocycles. The highest BCUT2D eigenvalue weighted by Gasteiger charge is 2.26. The lowest BCUT2D eigenvalue weighted by Gasteiger charge is -2.39. The average molecular weight is 277 g/mol. The van der Waals surface area contributed by atoms with Crippen LogP contribution < -0.4 is 9.64 Å². The van der Waals surface area contributed by atoms with Crippen LogP contribution in [0, 0.1) is 0 Å². The Morgan fingerprint density at radius 3 is 2.85 bits per heavy atom. The largest absolute Gasteiger partial charge is 0.496 e. The fourth-order valence-electron chi connectivity index (χ4n) is 3.33. The van der Waals surface area contributed by atoms with Crippen molar-refractivity contribution in [2.24, 2.45) is 0 Å². The number of ether oxygens (including phenoxy) is 1. The number of hydrogen-bond donors (Lipinski definition) is 1. The van der Waals surface area contributed by atoms with E-state index in [1.807, 2.05) is 19.1 Å². The summed E-state index contributed by atoms with van der Waals surface area (Å²) in [5.41, 5.74) is 2.08. The molecule has 1 aromatic carbocycles. The number of methoxy groups -OCH3 is 1. The maximum Gasteiger partial charge on any atom is 0.126 e. The molecule has 3 heteroatoms. The molecule has 2 rings (SSSR count). The molecular weight excluding hydrogens is 250 g/mol. The van der Waals surface area contributed by atoms with Crippen molar-refractivity contribution in [3.05, 3.63) is 23.8 Å². The van der Waals surface area contributed by atoms with Crippen LogP contribution in [-0.2, 0) is 0 Å². The van der Waals surface area contributed by atoms with Gasteiger partial charge in [-0.15, -0.1) is 0 Å². The van der Waals surface area contributed by atoms with Crippen LogP contribution in [0.2, 0.25) is 0 Å². The van der Waals surface area contributed by atoms with Gasteiger partial charge in [-0.1, -0.05) is 19.4 Å². The second kappa shape index (κ2) is 6.98. The molecule has 1 aliphatic heterocycles. The molecule has 0 saturated carbocycles. The Morgan fingerprint density at radius 2 is 2.20 bits per heavy atom. The van der Waals surface area contributed by atoms with Gasteiger partial charge in [-0.2, -0.15) is 0 Å². The van der Waals surface area contributed by atoms with E-state index in [2.05, 4.69) is 17.9 Å². The Hall–Kier alpha value is -1.22. The highest BCUT2D eigenvalue weighted by atomic mass is 16.5. The molecule has 20 heavy (non-hydrogen) atoms. The highest BCUT2D eigenvalue weighted by molar-refractivity contribution is 5.61. The highest BCUT2D eigenvalue weighted by Crippen LogP contribution is 2.38. The number of piperidine rings is 1. The predicted octanol–water partition coefficient (Wildman–Crippen LogP) is 3.91. The van der Waals surface area contributed by atoms with Crippen LogP contribution in [0.1, 0.15) is 57.6 Å². The van der Waals surface area contributed by atoms with Gasteiger partial charge in [-0.05, 0) is 44.7 Å². The molecule has 0 radical (unpaired) electrons. The molecule has 1 N–H and O–H groups in total. The fraction of sp³-hybridized carbons (Fsp3) is 0.647. The van der Waals surface area contributed by atoms with Crippen molar-refractivity contribution in [3.63, 3.8) is 0 Å². The SMILES string of the molecule is CCCC1CCCCN1c1cccc(OC)c1[C@@H](C)O. The first kappa shape index (κ1) is 15.2. The molecule has 1 heterocycles. The maximum atomic E-state index is 10.2. The van der Waals surface area contributed by atoms with Crippen molar-refractivity contribution in [1.29, 1.82) is 0 Å². The molecule has 0 aromatic heterocycles. The van der Waals surface area contributed by atoms with E-state index in [9.17, 15) is 5.11 Å². The van der Waals surface area contributed by atoms with Crippen LogP contribution in [0.4, 0.5) is 5.69 Å². The Morgan fingerprint density at radius 1 is 1.40 bits per heavy atom. The summed E-state index contributed by atoms with van der Waals surface area (Å²) in [6, 6.07) is 6.68. The molecule has 1 fully saturated rings. The summed E-state index contributed by atoms with van der Waals surface area (Å²) < 4.78 is 5.45. The van der Waals surface area contributed by atoms with Crippen LogP contribution in [0.25, 0.3) is 0 Å². The van der Waals surface area contributed by atoms with Gasteiger partial charge in [0.05, 0.1) is 13.2 Å². The van der Waals surface area contributed by atoms with Gasteiger partial charge in [0.2, 0.25) is 0 Å². The molecular formula is C17H27NO2. The molecule has 1 aliphatic rings. The quantitative estimate of drug-likeness (QED) is 0.885. The van der Waals surface area contributed by atoms with E-state index in [4.69, 9.17) is 4.74 Å². The molecule has 1 aromatic rings. The minimum Gasteiger partial charge on any atom is -0.496 e. The van der Waals surface area contributed by atoms with E-state index >= 15 is 0 Å². The normalized spacial score (nSPS) is 20.8. The first-order valence-corrected chi connectivity index (χ1v) is 7.80. The summed E-state index contributed by atoms with van der Waals surface area (Å²) in [7, 11) is 1.67. The maximum absolute atomic E-state index is 10.2. The third kappa shape index (κ3) is 3.09. The summed E-state index contributed by atoms with van der Waals surface area (Å²) in [6.45, 7) is 5.14. The zero-order valence-electron chi connectivity index (χ0n) is 12.9. The Kier molecular flexibility index (Phi) is 5.30. The van der Waals surface area contributed by atoms with Crippen molar-refractivity contribution in [1.82, 2.24) is 0 Å². The number of hydrogen-bond acceptors (Lipinski definition) is 3. The number of anilines is 1. The fourth-order valence-corrected chi connectivity index (χ4v) is 3.33. The second-order valence-corrected chi connectivity index (χ2v) is 5.70. The van der Waals surface area contributed by atoms with Crippen LogP contribution in [0.3, 0.4) is 0 Å². The lowest BCUT2D eigenvalue weighted by Crippen LogP contribution is -2.40. The molecule has 112 valence electrons. The number of aliphatic hydroxyl groups excluding tert-OH is 1. The van der Waals surface area contributed by atoms with Gasteiger partial charge >= 0.3 is 0 Å². The first-order valence-electron chi connectivity index (χ1n) is 7.80. The standard InChI is InChI=1S/C17H27NO2/c1-4-8-14-9-5-6-12-18(14)15-10-7-11-16(20-3)17(15)13(2)19/h7,10-11,13-14,19H,4-6,8-9,12H2,1-3H3/t13-,14?/m1/s1. The smallest absolute Gasteiger partial charge is 0.126 e. The number of aliphatic hydroxyl groups is 1. The van der Waals surface area contributed by atoms with Crippen molar-refractivity contribution in [2.45, 2.75) is 58.1 Å². The van der Waals surface area contributed by atoms with Crippen molar-refractivity contribution in [3.8, 4) is 5.75 Å². The van der Waals surface area contributed by atoms with E-state index in [0.29, 0.717) is 6.04 Å². The summed E-state index contributed by atoms with van der Waals surface area (Å²) >= 11 is 0. The molecule has 0 bridgehead atoms. The van der Waals surface area contributed by atoms with E-state index in [1.165, 1.54) is 32.1 Å². The minimum atomic E-state index is -0.509. The Labute approximate surface area is 122 Å². The molecule has 0 amide bonds. The molecule has 0 spiro atoms. The van der Waals surface area contributed by atoms with Gasteiger partial charge in [-0.25, -0.2) is 0 Å². The van der Waals surface area contributed by atoms with E-state index in [1.54, 1.807) is 7.11 Å². The van der Waals surface area contributed by atoms with Crippen molar-refractivity contribution >= 4 is 5.69 Å². The zero-order chi connectivity index (χ0) is 14.5. The summed E-state index contributed by atoms with van der Waals surface area (Å²) in [4.78, 5) is 2.48. The zero-order valence-corrected chi connectivity index (χ0v) is 12.9. The molecule has 2 atom stereocenters. The number of benzene rings is 1. The lowest BCUT2D eigenvalue weighted by atomic mass is 9.95. The van der Waals surface area contributed by atoms with Gasteiger partial charge in [0.15, 0.2) is 0 Å². The summed E-state index contributed by atoms with van der Waals surface area (Å²) in [5, 5.41) is 10.2. The summed E-state index contributed by atoms with van der Waals surface area (Å²) in [5.74, 6) is 0.790. The van der Waals surface area contributed by atoms with Crippen molar-refractivity contribution < 1.29 is 9.84 Å². The third-order valence-electron chi connectivity index (χ3n) is 4.24. The monoisotopic (exact) mass is 277 g/mol. The van der Waals surface area contributed by atoms with Crippen LogP contribution >= 0.6 is 0 Å². The summed E-state index contributed by atoms with van der Waals surface area (Å²) in [6.07, 6.45) is 5.72. The van der Waals surface area contributed by atoms with Gasteiger partial charge in [0.1, 0.15) is 5.75 Å². The van der Waals surface area contributed by atoms with Gasteiger partial charge in [0.25, 0.3) is 0 Å². The second-order valence-electron chi connectivity index (χ2n) is 5.70. The molecule has 3 nitrogen and oxygen atoms in total. The Balaban J connectivity index is 2.39. The Bertz CT molecular complexity index is 429. The van der Waals surface area contributed by atoms with Gasteiger partial charge < -0.3 is 14.7 Å². The van der Waals surface area contributed by atoms with E-state index in [-0.39, 0.29) is 0 Å². The molecule has 1 unspecified atom stereocenters. The predicted molar refractivity (Wildman–Crippen MR) is 83.5 cm³/mol. The average Bonchev–Trinajstić information content (AvgIpc) is 2.47. The van der Waals surface area contributed by atoms with Gasteiger partial charge in [-0.3, -0.25) is 0 Å².